The average Bonchev–Trinajstić information content (AvgIpc) is 3.13. The van der Waals surface area contributed by atoms with Gasteiger partial charge in [0.05, 0.1) is 6.42 Å². The number of carbonyl (C=O) groups is 2. The number of carboxylic acids is 1. The van der Waals surface area contributed by atoms with Crippen LogP contribution in [0.1, 0.15) is 24.2 Å². The van der Waals surface area contributed by atoms with Crippen LogP contribution in [0.15, 0.2) is 34.3 Å². The number of hydrogen-bond acceptors (Lipinski definition) is 8. The molecule has 0 radical (unpaired) electrons. The van der Waals surface area contributed by atoms with E-state index in [9.17, 15) is 9.59 Å². The molecule has 1 aromatic carbocycles. The summed E-state index contributed by atoms with van der Waals surface area (Å²) in [7, 11) is 0. The summed E-state index contributed by atoms with van der Waals surface area (Å²) in [6, 6.07) is 6.61. The third kappa shape index (κ3) is 5.62. The van der Waals surface area contributed by atoms with Gasteiger partial charge in [-0.05, 0) is 37.1 Å². The number of amides is 2. The minimum absolute atomic E-state index is 0.0176. The molecule has 0 saturated carbocycles. The van der Waals surface area contributed by atoms with Crippen LogP contribution in [0.2, 0.25) is 0 Å². The fourth-order valence-corrected chi connectivity index (χ4v) is 3.71. The summed E-state index contributed by atoms with van der Waals surface area (Å²) in [5, 5.41) is 11.1. The third-order valence-corrected chi connectivity index (χ3v) is 5.29. The van der Waals surface area contributed by atoms with E-state index < -0.39 is 12.0 Å². The second-order valence-electron chi connectivity index (χ2n) is 7.74. The second-order valence-corrected chi connectivity index (χ2v) is 7.74. The number of rotatable bonds is 9. The minimum Gasteiger partial charge on any atom is -0.481 e. The summed E-state index contributed by atoms with van der Waals surface area (Å²) in [4.78, 5) is 46.4. The number of fused-ring (bicyclic) bond motifs is 1. The molecule has 0 spiro atoms. The van der Waals surface area contributed by atoms with Crippen LogP contribution in [-0.4, -0.2) is 69.8 Å². The number of urea groups is 1. The van der Waals surface area contributed by atoms with Crippen LogP contribution in [-0.2, 0) is 17.6 Å². The van der Waals surface area contributed by atoms with Crippen LogP contribution in [0.5, 0.6) is 5.75 Å². The molecule has 0 unspecified atom stereocenters. The van der Waals surface area contributed by atoms with E-state index in [4.69, 9.17) is 15.7 Å². The van der Waals surface area contributed by atoms with Crippen molar-refractivity contribution in [3.8, 4) is 5.75 Å². The van der Waals surface area contributed by atoms with E-state index in [1.54, 1.807) is 12.1 Å². The van der Waals surface area contributed by atoms with Gasteiger partial charge < -0.3 is 20.6 Å². The van der Waals surface area contributed by atoms with Crippen LogP contribution in [0.3, 0.4) is 0 Å². The lowest BCUT2D eigenvalue weighted by molar-refractivity contribution is -0.136. The molecule has 1 aromatic heterocycles. The summed E-state index contributed by atoms with van der Waals surface area (Å²) in [6.45, 7) is 4.28. The number of unbranched alkanes of at least 4 members (excludes halogenated alkanes) is 1. The van der Waals surface area contributed by atoms with E-state index in [1.807, 2.05) is 17.2 Å². The van der Waals surface area contributed by atoms with Crippen molar-refractivity contribution in [3.63, 3.8) is 0 Å². The highest BCUT2D eigenvalue weighted by atomic mass is 16.7. The number of piperazine rings is 1. The van der Waals surface area contributed by atoms with Crippen LogP contribution in [0, 0.1) is 0 Å². The Morgan fingerprint density at radius 1 is 1.12 bits per heavy atom. The molecule has 0 aliphatic carbocycles. The van der Waals surface area contributed by atoms with E-state index in [0.717, 1.165) is 51.1 Å². The fraction of sp³-hybridized carbons (Fsp3) is 0.429. The van der Waals surface area contributed by atoms with Crippen molar-refractivity contribution in [2.24, 2.45) is 9.98 Å². The number of aryl methyl sites for hydroxylation is 1. The molecule has 11 nitrogen and oxygen atoms in total. The molecule has 1 saturated heterocycles. The lowest BCUT2D eigenvalue weighted by Gasteiger charge is -2.34. The molecule has 4 rings (SSSR count). The van der Waals surface area contributed by atoms with Gasteiger partial charge in [-0.3, -0.25) is 4.79 Å². The summed E-state index contributed by atoms with van der Waals surface area (Å²) in [5.41, 5.74) is 6.83. The molecular formula is C21H25N7O4. The number of carbonyl (C=O) groups excluding carboxylic acids is 1. The quantitative estimate of drug-likeness (QED) is 0.515. The van der Waals surface area contributed by atoms with Gasteiger partial charge in [0.15, 0.2) is 16.7 Å². The van der Waals surface area contributed by atoms with E-state index in [1.165, 1.54) is 0 Å². The summed E-state index contributed by atoms with van der Waals surface area (Å²) >= 11 is 0. The second kappa shape index (κ2) is 9.79. The van der Waals surface area contributed by atoms with Crippen LogP contribution in [0.25, 0.3) is 0 Å². The summed E-state index contributed by atoms with van der Waals surface area (Å²) < 4.78 is 0. The summed E-state index contributed by atoms with van der Waals surface area (Å²) in [5.74, 6) is 0.581. The van der Waals surface area contributed by atoms with Crippen LogP contribution < -0.4 is 21.4 Å². The van der Waals surface area contributed by atoms with Crippen molar-refractivity contribution in [1.29, 1.82) is 0 Å². The number of carboxylic acid groups (broad SMARTS) is 1. The first-order chi connectivity index (χ1) is 15.5. The number of anilines is 1. The average molecular weight is 439 g/mol. The van der Waals surface area contributed by atoms with Crippen LogP contribution >= 0.6 is 0 Å². The number of aliphatic carboxylic acids is 1. The van der Waals surface area contributed by atoms with Gasteiger partial charge in [0.2, 0.25) is 0 Å². The smallest absolute Gasteiger partial charge is 0.369 e. The number of hydroxylamine groups is 2. The highest BCUT2D eigenvalue weighted by Gasteiger charge is 2.18. The normalized spacial score (nSPS) is 16.3. The maximum absolute atomic E-state index is 11.3. The molecule has 2 aliphatic rings. The molecule has 2 aromatic rings. The number of nitrogens with zero attached hydrogens (tertiary/aromatic N) is 6. The molecule has 11 heteroatoms. The Bertz CT molecular complexity index is 1130. The number of nitrogens with two attached hydrogens (primary N) is 1. The standard InChI is InChI=1S/C21H25N7O4/c22-19-18-20(26-21(31)25-18)24-16(23-19)6-1-2-7-27-8-10-28(11-9-27)32-15-5-3-4-14(12-15)13-17(29)30/h3-5,12H,1-2,6-11,13H2,(H,29,30)(H2,22,23,24,26,31). The van der Waals surface area contributed by atoms with Gasteiger partial charge in [-0.15, -0.1) is 5.06 Å². The predicted octanol–water partition coefficient (Wildman–Crippen LogP) is -0.00700. The molecule has 2 aliphatic heterocycles. The summed E-state index contributed by atoms with van der Waals surface area (Å²) in [6.07, 6.45) is 2.53. The van der Waals surface area contributed by atoms with Crippen molar-refractivity contribution in [3.05, 3.63) is 46.5 Å². The van der Waals surface area contributed by atoms with Crippen LogP contribution in [0.4, 0.5) is 10.6 Å². The van der Waals surface area contributed by atoms with E-state index in [0.29, 0.717) is 18.0 Å². The Balaban J connectivity index is 1.18. The molecule has 3 N–H and O–H groups in total. The number of aromatic nitrogens is 2. The zero-order valence-corrected chi connectivity index (χ0v) is 17.6. The molecule has 3 heterocycles. The predicted molar refractivity (Wildman–Crippen MR) is 114 cm³/mol. The Kier molecular flexibility index (Phi) is 6.66. The Hall–Kier alpha value is -3.44. The van der Waals surface area contributed by atoms with Crippen molar-refractivity contribution < 1.29 is 19.5 Å². The zero-order chi connectivity index (χ0) is 22.5. The Morgan fingerprint density at radius 2 is 1.94 bits per heavy atom. The lowest BCUT2D eigenvalue weighted by atomic mass is 10.1. The van der Waals surface area contributed by atoms with Gasteiger partial charge in [0, 0.05) is 32.6 Å². The monoisotopic (exact) mass is 439 g/mol. The van der Waals surface area contributed by atoms with Gasteiger partial charge in [0.1, 0.15) is 11.6 Å². The molecule has 0 bridgehead atoms. The highest BCUT2D eigenvalue weighted by Crippen LogP contribution is 2.16. The fourth-order valence-electron chi connectivity index (χ4n) is 3.71. The van der Waals surface area contributed by atoms with Gasteiger partial charge in [-0.1, -0.05) is 12.1 Å². The topological polar surface area (TPSA) is 147 Å². The number of benzene rings is 1. The third-order valence-electron chi connectivity index (χ3n) is 5.29. The zero-order valence-electron chi connectivity index (χ0n) is 17.6. The van der Waals surface area contributed by atoms with Crippen molar-refractivity contribution in [1.82, 2.24) is 19.9 Å². The molecule has 0 atom stereocenters. The van der Waals surface area contributed by atoms with Gasteiger partial charge >= 0.3 is 12.0 Å². The minimum atomic E-state index is -0.859. The van der Waals surface area contributed by atoms with Gasteiger partial charge in [0.25, 0.3) is 0 Å². The highest BCUT2D eigenvalue weighted by molar-refractivity contribution is 5.77. The number of nitrogen functional groups attached to an aromatic ring is 1. The first-order valence-corrected chi connectivity index (χ1v) is 10.6. The lowest BCUT2D eigenvalue weighted by Crippen LogP contribution is -2.47. The van der Waals surface area contributed by atoms with E-state index in [2.05, 4.69) is 24.9 Å². The molecule has 1 fully saturated rings. The van der Waals surface area contributed by atoms with Gasteiger partial charge in [-0.25, -0.2) is 14.8 Å². The van der Waals surface area contributed by atoms with Crippen molar-refractivity contribution in [2.75, 3.05) is 38.5 Å². The molecule has 32 heavy (non-hydrogen) atoms. The van der Waals surface area contributed by atoms with Gasteiger partial charge in [-0.2, -0.15) is 9.98 Å². The first kappa shape index (κ1) is 21.8. The largest absolute Gasteiger partial charge is 0.481 e. The molecule has 168 valence electrons. The Morgan fingerprint density at radius 3 is 2.72 bits per heavy atom. The van der Waals surface area contributed by atoms with E-state index >= 15 is 0 Å². The maximum atomic E-state index is 11.3. The number of hydrogen-bond donors (Lipinski definition) is 2. The molecular weight excluding hydrogens is 414 g/mol. The van der Waals surface area contributed by atoms with Crippen molar-refractivity contribution in [2.45, 2.75) is 25.7 Å². The maximum Gasteiger partial charge on any atom is 0.369 e. The van der Waals surface area contributed by atoms with E-state index in [-0.39, 0.29) is 23.1 Å². The Labute approximate surface area is 184 Å². The van der Waals surface area contributed by atoms with Crippen molar-refractivity contribution >= 4 is 17.8 Å². The first-order valence-electron chi connectivity index (χ1n) is 10.6. The SMILES string of the molecule is Nc1nc(CCCCN2CCN(Oc3cccc(CC(=O)O)c3)CC2)nc2c1=NC(=O)N=2. The molecule has 2 amide bonds.